The number of rotatable bonds is 6. The number of nitrogens with zero attached hydrogens (tertiary/aromatic N) is 3. The van der Waals surface area contributed by atoms with Crippen molar-refractivity contribution in [3.8, 4) is 17.1 Å². The van der Waals surface area contributed by atoms with Crippen molar-refractivity contribution in [2.24, 2.45) is 5.41 Å². The first kappa shape index (κ1) is 36.1. The molecule has 0 radical (unpaired) electrons. The van der Waals surface area contributed by atoms with Gasteiger partial charge in [0.05, 0.1) is 29.3 Å². The number of hydrogen-bond donors (Lipinski definition) is 3. The maximum absolute atomic E-state index is 14.5. The zero-order valence-corrected chi connectivity index (χ0v) is 29.8. The number of sulfonamides is 1. The van der Waals surface area contributed by atoms with Crippen molar-refractivity contribution < 1.29 is 32.6 Å². The van der Waals surface area contributed by atoms with Gasteiger partial charge in [-0.25, -0.2) is 22.9 Å². The van der Waals surface area contributed by atoms with Crippen LogP contribution in [0.4, 0.5) is 10.7 Å². The monoisotopic (exact) mass is 693 g/mol. The number of carbonyl (C=O) groups excluding carboxylic acids is 2. The summed E-state index contributed by atoms with van der Waals surface area (Å²) in [6.07, 6.45) is 2.43. The predicted molar refractivity (Wildman–Crippen MR) is 186 cm³/mol. The highest BCUT2D eigenvalue weighted by Gasteiger charge is 2.37. The molecule has 5 rings (SSSR count). The minimum atomic E-state index is -4.22. The van der Waals surface area contributed by atoms with Crippen LogP contribution in [-0.4, -0.2) is 71.2 Å². The van der Waals surface area contributed by atoms with Crippen LogP contribution in [0.1, 0.15) is 88.2 Å². The van der Waals surface area contributed by atoms with Crippen molar-refractivity contribution in [2.45, 2.75) is 109 Å². The van der Waals surface area contributed by atoms with Gasteiger partial charge in [-0.1, -0.05) is 45.0 Å². The molecule has 1 atom stereocenters. The number of anilines is 1. The Bertz CT molecular complexity index is 1780. The number of fused-ring (bicyclic) bond motifs is 4. The van der Waals surface area contributed by atoms with E-state index >= 15 is 0 Å². The van der Waals surface area contributed by atoms with E-state index in [-0.39, 0.29) is 65.0 Å². The van der Waals surface area contributed by atoms with Gasteiger partial charge >= 0.3 is 6.09 Å². The van der Waals surface area contributed by atoms with Crippen LogP contribution >= 0.6 is 0 Å². The van der Waals surface area contributed by atoms with E-state index in [1.54, 1.807) is 38.1 Å². The van der Waals surface area contributed by atoms with Crippen LogP contribution in [0.5, 0.6) is 5.88 Å². The molecular formula is C36H47N5O7S. The second-order valence-electron chi connectivity index (χ2n) is 14.4. The highest BCUT2D eigenvalue weighted by Crippen LogP contribution is 2.34. The summed E-state index contributed by atoms with van der Waals surface area (Å²) < 4.78 is 41.6. The molecule has 264 valence electrons. The predicted octanol–water partition coefficient (Wildman–Crippen LogP) is 5.83. The van der Waals surface area contributed by atoms with Gasteiger partial charge in [-0.15, -0.1) is 0 Å². The fourth-order valence-corrected chi connectivity index (χ4v) is 7.68. The first-order valence-corrected chi connectivity index (χ1v) is 18.3. The lowest BCUT2D eigenvalue weighted by atomic mass is 9.84. The van der Waals surface area contributed by atoms with E-state index in [0.29, 0.717) is 48.9 Å². The Labute approximate surface area is 288 Å². The van der Waals surface area contributed by atoms with E-state index in [1.165, 1.54) is 12.1 Å². The first-order chi connectivity index (χ1) is 23.1. The lowest BCUT2D eigenvalue weighted by molar-refractivity contribution is 0.0302. The summed E-state index contributed by atoms with van der Waals surface area (Å²) in [4.78, 5) is 37.6. The lowest BCUT2D eigenvalue weighted by Gasteiger charge is -2.43. The summed E-state index contributed by atoms with van der Waals surface area (Å²) >= 11 is 0. The number of aliphatic hydroxyl groups is 1. The number of aryl methyl sites for hydroxylation is 1. The van der Waals surface area contributed by atoms with E-state index < -0.39 is 22.2 Å². The molecule has 49 heavy (non-hydrogen) atoms. The smallest absolute Gasteiger partial charge is 0.407 e. The summed E-state index contributed by atoms with van der Waals surface area (Å²) in [5.74, 6) is -0.360. The molecule has 3 N–H and O–H groups in total. The molecule has 2 aliphatic rings. The Kier molecular flexibility index (Phi) is 10.8. The third kappa shape index (κ3) is 8.87. The number of aromatic nitrogens is 2. The standard InChI is InChI=1S/C36H47N5O7S/c1-22(2)48-35(44)37-26-13-15-27(16-14-26)41-28(19-36(4,5)6)21-47-31-18-30(32-23(3)9-7-11-25(32)20-42)38-34(39-31)40-49(45,46)29-12-8-10-24(17-29)33(41)43/h7-12,17-18,22,26-28,42H,13-16,19-21H2,1-6H3,(H,37,44)(H,38,39,40)/t26-,27-,28-/m1/s1. The molecule has 0 saturated heterocycles. The molecule has 2 amide bonds. The molecule has 4 bridgehead atoms. The number of nitrogens with one attached hydrogen (secondary N) is 2. The van der Waals surface area contributed by atoms with Crippen molar-refractivity contribution in [1.29, 1.82) is 0 Å². The SMILES string of the molecule is Cc1cccc(CO)c1-c1cc2nc(n1)NS(=O)(=O)c1cccc(c1)C(=O)N([C@H]1CC[C@H](NC(=O)OC(C)C)CC1)[C@H](CC(C)(C)C)CO2. The molecule has 1 aromatic heterocycles. The number of ether oxygens (including phenoxy) is 2. The van der Waals surface area contributed by atoms with Gasteiger partial charge in [0.1, 0.15) is 6.61 Å². The maximum atomic E-state index is 14.5. The molecule has 0 unspecified atom stereocenters. The van der Waals surface area contributed by atoms with Crippen molar-refractivity contribution in [3.05, 3.63) is 65.2 Å². The molecule has 3 aromatic rings. The quantitative estimate of drug-likeness (QED) is 0.289. The van der Waals surface area contributed by atoms with Crippen LogP contribution < -0.4 is 14.8 Å². The van der Waals surface area contributed by atoms with Gasteiger partial charge in [0.15, 0.2) is 0 Å². The lowest BCUT2D eigenvalue weighted by Crippen LogP contribution is -2.53. The zero-order valence-electron chi connectivity index (χ0n) is 29.0. The second-order valence-corrected chi connectivity index (χ2v) is 16.0. The number of carbonyl (C=O) groups is 2. The minimum absolute atomic E-state index is 0.0882. The third-order valence-corrected chi connectivity index (χ3v) is 10.1. The second kappa shape index (κ2) is 14.7. The number of alkyl carbamates (subject to hydrolysis) is 1. The van der Waals surface area contributed by atoms with Gasteiger partial charge in [-0.05, 0) is 87.6 Å². The van der Waals surface area contributed by atoms with Crippen LogP contribution in [0, 0.1) is 12.3 Å². The molecular weight excluding hydrogens is 646 g/mol. The molecule has 13 heteroatoms. The van der Waals surface area contributed by atoms with Crippen LogP contribution in [0.3, 0.4) is 0 Å². The summed E-state index contributed by atoms with van der Waals surface area (Å²) in [5.41, 5.74) is 2.52. The molecule has 1 aliphatic carbocycles. The molecule has 1 saturated carbocycles. The Morgan fingerprint density at radius 2 is 1.82 bits per heavy atom. The molecule has 0 spiro atoms. The normalized spacial score (nSPS) is 21.0. The summed E-state index contributed by atoms with van der Waals surface area (Å²) in [7, 11) is -4.22. The number of amides is 2. The maximum Gasteiger partial charge on any atom is 0.407 e. The van der Waals surface area contributed by atoms with Gasteiger partial charge in [0, 0.05) is 29.3 Å². The van der Waals surface area contributed by atoms with Crippen LogP contribution in [0.2, 0.25) is 0 Å². The third-order valence-electron chi connectivity index (χ3n) is 8.76. The van der Waals surface area contributed by atoms with Crippen molar-refractivity contribution in [1.82, 2.24) is 20.2 Å². The van der Waals surface area contributed by atoms with Gasteiger partial charge < -0.3 is 24.8 Å². The Balaban J connectivity index is 1.58. The van der Waals surface area contributed by atoms with E-state index in [4.69, 9.17) is 9.47 Å². The van der Waals surface area contributed by atoms with Crippen molar-refractivity contribution in [2.75, 3.05) is 11.3 Å². The number of aliphatic hydroxyl groups excluding tert-OH is 1. The minimum Gasteiger partial charge on any atom is -0.475 e. The Morgan fingerprint density at radius 3 is 2.49 bits per heavy atom. The Hall–Kier alpha value is -4.23. The van der Waals surface area contributed by atoms with Crippen LogP contribution in [0.15, 0.2) is 53.4 Å². The van der Waals surface area contributed by atoms with Crippen molar-refractivity contribution >= 4 is 28.0 Å². The summed E-state index contributed by atoms with van der Waals surface area (Å²) in [6, 6.07) is 12.4. The summed E-state index contributed by atoms with van der Waals surface area (Å²) in [6.45, 7) is 11.6. The van der Waals surface area contributed by atoms with E-state index in [2.05, 4.69) is 40.8 Å². The highest BCUT2D eigenvalue weighted by molar-refractivity contribution is 7.92. The number of benzene rings is 2. The number of hydrogen-bond acceptors (Lipinski definition) is 9. The average molecular weight is 694 g/mol. The fraction of sp³-hybridized carbons (Fsp3) is 0.500. The highest BCUT2D eigenvalue weighted by atomic mass is 32.2. The zero-order chi connectivity index (χ0) is 35.5. The van der Waals surface area contributed by atoms with E-state index in [1.807, 2.05) is 24.0 Å². The largest absolute Gasteiger partial charge is 0.475 e. The van der Waals surface area contributed by atoms with Crippen LogP contribution in [-0.2, 0) is 21.4 Å². The topological polar surface area (TPSA) is 160 Å². The van der Waals surface area contributed by atoms with Crippen molar-refractivity contribution in [3.63, 3.8) is 0 Å². The molecule has 1 fully saturated rings. The molecule has 2 aromatic carbocycles. The Morgan fingerprint density at radius 1 is 1.10 bits per heavy atom. The first-order valence-electron chi connectivity index (χ1n) is 16.8. The van der Waals surface area contributed by atoms with Gasteiger partial charge in [-0.3, -0.25) is 4.79 Å². The molecule has 1 aliphatic heterocycles. The van der Waals surface area contributed by atoms with Gasteiger partial charge in [0.2, 0.25) is 11.8 Å². The molecule has 12 nitrogen and oxygen atoms in total. The van der Waals surface area contributed by atoms with Crippen LogP contribution in [0.25, 0.3) is 11.3 Å². The van der Waals surface area contributed by atoms with Gasteiger partial charge in [-0.2, -0.15) is 4.98 Å². The van der Waals surface area contributed by atoms with E-state index in [0.717, 1.165) is 5.56 Å². The fourth-order valence-electron chi connectivity index (χ4n) is 6.69. The molecule has 2 heterocycles. The van der Waals surface area contributed by atoms with E-state index in [9.17, 15) is 23.1 Å². The van der Waals surface area contributed by atoms with Gasteiger partial charge in [0.25, 0.3) is 15.9 Å². The average Bonchev–Trinajstić information content (AvgIpc) is 3.02. The summed E-state index contributed by atoms with van der Waals surface area (Å²) in [5, 5.41) is 13.1.